The van der Waals surface area contributed by atoms with Crippen LogP contribution < -0.4 is 4.74 Å². The van der Waals surface area contributed by atoms with E-state index in [0.29, 0.717) is 11.5 Å². The van der Waals surface area contributed by atoms with Gasteiger partial charge in [-0.15, -0.1) is 5.10 Å². The van der Waals surface area contributed by atoms with Gasteiger partial charge in [0.25, 0.3) is 0 Å². The maximum atomic E-state index is 13.0. The first kappa shape index (κ1) is 18.9. The lowest BCUT2D eigenvalue weighted by Gasteiger charge is -2.21. The molecule has 0 N–H and O–H groups in total. The van der Waals surface area contributed by atoms with Gasteiger partial charge in [-0.05, 0) is 18.9 Å². The Morgan fingerprint density at radius 2 is 1.78 bits per heavy atom. The SMILES string of the molecule is CCCN(CCC)C(=O)Cc1c(-c2ccccc2)nc2ccc(OC)nn12. The zero-order valence-electron chi connectivity index (χ0n) is 16.2. The lowest BCUT2D eigenvalue weighted by atomic mass is 10.1. The van der Waals surface area contributed by atoms with Crippen LogP contribution in [0.5, 0.6) is 5.88 Å². The van der Waals surface area contributed by atoms with E-state index in [4.69, 9.17) is 9.72 Å². The Morgan fingerprint density at radius 3 is 2.41 bits per heavy atom. The van der Waals surface area contributed by atoms with Gasteiger partial charge in [-0.25, -0.2) is 9.50 Å². The molecule has 0 unspecified atom stereocenters. The molecule has 142 valence electrons. The molecule has 3 rings (SSSR count). The number of carbonyl (C=O) groups is 1. The van der Waals surface area contributed by atoms with Gasteiger partial charge in [-0.2, -0.15) is 0 Å². The van der Waals surface area contributed by atoms with Gasteiger partial charge in [0.05, 0.1) is 24.9 Å². The highest BCUT2D eigenvalue weighted by atomic mass is 16.5. The summed E-state index contributed by atoms with van der Waals surface area (Å²) in [6, 6.07) is 13.6. The van der Waals surface area contributed by atoms with Crippen molar-refractivity contribution >= 4 is 11.6 Å². The summed E-state index contributed by atoms with van der Waals surface area (Å²) >= 11 is 0. The van der Waals surface area contributed by atoms with Crippen LogP contribution in [0.1, 0.15) is 32.4 Å². The molecule has 0 aliphatic heterocycles. The number of nitrogens with zero attached hydrogens (tertiary/aromatic N) is 4. The fraction of sp³-hybridized carbons (Fsp3) is 0.381. The van der Waals surface area contributed by atoms with Crippen molar-refractivity contribution in [3.8, 4) is 17.1 Å². The molecule has 0 saturated carbocycles. The van der Waals surface area contributed by atoms with Gasteiger partial charge in [-0.1, -0.05) is 44.2 Å². The number of imidazole rings is 1. The van der Waals surface area contributed by atoms with Crippen molar-refractivity contribution in [3.05, 3.63) is 48.2 Å². The first-order chi connectivity index (χ1) is 13.2. The van der Waals surface area contributed by atoms with Crippen LogP contribution >= 0.6 is 0 Å². The minimum absolute atomic E-state index is 0.0994. The average Bonchev–Trinajstić information content (AvgIpc) is 3.06. The van der Waals surface area contributed by atoms with Gasteiger partial charge in [0.2, 0.25) is 11.8 Å². The van der Waals surface area contributed by atoms with E-state index >= 15 is 0 Å². The van der Waals surface area contributed by atoms with Crippen LogP contribution in [0.4, 0.5) is 0 Å². The van der Waals surface area contributed by atoms with Gasteiger partial charge in [0.1, 0.15) is 0 Å². The summed E-state index contributed by atoms with van der Waals surface area (Å²) in [4.78, 5) is 19.7. The van der Waals surface area contributed by atoms with Crippen LogP contribution in [-0.2, 0) is 11.2 Å². The Hall–Kier alpha value is -2.89. The highest BCUT2D eigenvalue weighted by Gasteiger charge is 2.21. The van der Waals surface area contributed by atoms with Gasteiger partial charge in [-0.3, -0.25) is 4.79 Å². The monoisotopic (exact) mass is 366 g/mol. The van der Waals surface area contributed by atoms with Crippen LogP contribution in [0, 0.1) is 0 Å². The summed E-state index contributed by atoms with van der Waals surface area (Å²) in [7, 11) is 1.58. The molecule has 0 saturated heterocycles. The summed E-state index contributed by atoms with van der Waals surface area (Å²) in [5.41, 5.74) is 3.26. The first-order valence-corrected chi connectivity index (χ1v) is 9.43. The number of ether oxygens (including phenoxy) is 1. The van der Waals surface area contributed by atoms with E-state index in [1.807, 2.05) is 41.3 Å². The van der Waals surface area contributed by atoms with E-state index in [-0.39, 0.29) is 12.3 Å². The fourth-order valence-corrected chi connectivity index (χ4v) is 3.21. The molecule has 1 amide bonds. The Balaban J connectivity index is 2.06. The van der Waals surface area contributed by atoms with Crippen molar-refractivity contribution in [2.45, 2.75) is 33.1 Å². The summed E-state index contributed by atoms with van der Waals surface area (Å²) < 4.78 is 7.00. The van der Waals surface area contributed by atoms with E-state index in [9.17, 15) is 4.79 Å². The number of carbonyl (C=O) groups excluding carboxylic acids is 1. The Morgan fingerprint density at radius 1 is 1.07 bits per heavy atom. The fourth-order valence-electron chi connectivity index (χ4n) is 3.21. The molecule has 0 aliphatic rings. The average molecular weight is 366 g/mol. The molecule has 0 spiro atoms. The summed E-state index contributed by atoms with van der Waals surface area (Å²) in [6.07, 6.45) is 2.14. The van der Waals surface area contributed by atoms with E-state index in [1.165, 1.54) is 0 Å². The second-order valence-corrected chi connectivity index (χ2v) is 6.48. The number of hydrogen-bond donors (Lipinski definition) is 0. The predicted octanol–water partition coefficient (Wildman–Crippen LogP) is 3.60. The quantitative estimate of drug-likeness (QED) is 0.611. The lowest BCUT2D eigenvalue weighted by Crippen LogP contribution is -2.34. The Kier molecular flexibility index (Phi) is 6.06. The number of amides is 1. The number of aromatic nitrogens is 3. The highest BCUT2D eigenvalue weighted by molar-refractivity contribution is 5.81. The van der Waals surface area contributed by atoms with Crippen LogP contribution in [0.3, 0.4) is 0 Å². The Bertz CT molecular complexity index is 899. The van der Waals surface area contributed by atoms with E-state index in [1.54, 1.807) is 17.7 Å². The van der Waals surface area contributed by atoms with Crippen molar-refractivity contribution in [2.75, 3.05) is 20.2 Å². The summed E-state index contributed by atoms with van der Waals surface area (Å²) in [6.45, 7) is 5.71. The van der Waals surface area contributed by atoms with Gasteiger partial charge < -0.3 is 9.64 Å². The molecule has 6 nitrogen and oxygen atoms in total. The number of hydrogen-bond acceptors (Lipinski definition) is 4. The molecule has 0 fully saturated rings. The third-order valence-corrected chi connectivity index (χ3v) is 4.46. The van der Waals surface area contributed by atoms with Crippen molar-refractivity contribution in [1.29, 1.82) is 0 Å². The Labute approximate surface area is 159 Å². The molecule has 6 heteroatoms. The third-order valence-electron chi connectivity index (χ3n) is 4.46. The van der Waals surface area contributed by atoms with Crippen LogP contribution in [0.15, 0.2) is 42.5 Å². The van der Waals surface area contributed by atoms with Gasteiger partial charge in [0, 0.05) is 24.7 Å². The smallest absolute Gasteiger partial charge is 0.231 e. The topological polar surface area (TPSA) is 59.7 Å². The molecule has 0 atom stereocenters. The van der Waals surface area contributed by atoms with Crippen LogP contribution in [-0.4, -0.2) is 45.6 Å². The maximum absolute atomic E-state index is 13.0. The van der Waals surface area contributed by atoms with E-state index in [0.717, 1.165) is 42.9 Å². The van der Waals surface area contributed by atoms with E-state index < -0.39 is 0 Å². The number of methoxy groups -OCH3 is 1. The molecule has 0 bridgehead atoms. The predicted molar refractivity (Wildman–Crippen MR) is 106 cm³/mol. The molecule has 3 aromatic rings. The van der Waals surface area contributed by atoms with Crippen molar-refractivity contribution in [2.24, 2.45) is 0 Å². The zero-order chi connectivity index (χ0) is 19.2. The highest BCUT2D eigenvalue weighted by Crippen LogP contribution is 2.25. The molecule has 0 aliphatic carbocycles. The van der Waals surface area contributed by atoms with Crippen LogP contribution in [0.2, 0.25) is 0 Å². The first-order valence-electron chi connectivity index (χ1n) is 9.43. The number of rotatable bonds is 8. The third kappa shape index (κ3) is 4.10. The van der Waals surface area contributed by atoms with E-state index in [2.05, 4.69) is 18.9 Å². The van der Waals surface area contributed by atoms with Crippen molar-refractivity contribution in [3.63, 3.8) is 0 Å². The molecule has 27 heavy (non-hydrogen) atoms. The summed E-state index contributed by atoms with van der Waals surface area (Å²) in [5, 5.41) is 4.51. The molecule has 2 aromatic heterocycles. The lowest BCUT2D eigenvalue weighted by molar-refractivity contribution is -0.130. The summed E-state index contributed by atoms with van der Waals surface area (Å²) in [5.74, 6) is 0.592. The molecule has 0 radical (unpaired) electrons. The number of benzene rings is 1. The van der Waals surface area contributed by atoms with Crippen molar-refractivity contribution < 1.29 is 9.53 Å². The second-order valence-electron chi connectivity index (χ2n) is 6.48. The maximum Gasteiger partial charge on any atom is 0.231 e. The van der Waals surface area contributed by atoms with Gasteiger partial charge in [0.15, 0.2) is 5.65 Å². The molecular weight excluding hydrogens is 340 g/mol. The molecular formula is C21H26N4O2. The zero-order valence-corrected chi connectivity index (χ0v) is 16.2. The minimum Gasteiger partial charge on any atom is -0.480 e. The van der Waals surface area contributed by atoms with Crippen LogP contribution in [0.25, 0.3) is 16.9 Å². The largest absolute Gasteiger partial charge is 0.480 e. The number of fused-ring (bicyclic) bond motifs is 1. The standard InChI is InChI=1S/C21H26N4O2/c1-4-13-24(14-5-2)20(26)15-17-21(16-9-7-6-8-10-16)22-18-11-12-19(27-3)23-25(17)18/h6-12H,4-5,13-15H2,1-3H3. The molecule has 1 aromatic carbocycles. The van der Waals surface area contributed by atoms with Crippen molar-refractivity contribution in [1.82, 2.24) is 19.5 Å². The van der Waals surface area contributed by atoms with Gasteiger partial charge >= 0.3 is 0 Å². The minimum atomic E-state index is 0.0994. The molecule has 2 heterocycles. The normalized spacial score (nSPS) is 10.9. The second kappa shape index (κ2) is 8.66.